The van der Waals surface area contributed by atoms with Crippen molar-refractivity contribution in [1.82, 2.24) is 4.90 Å². The second-order valence-corrected chi connectivity index (χ2v) is 7.18. The number of carbonyl (C=O) groups is 1. The lowest BCUT2D eigenvalue weighted by Crippen LogP contribution is -2.32. The van der Waals surface area contributed by atoms with Crippen LogP contribution in [0.2, 0.25) is 0 Å². The molecule has 1 unspecified atom stereocenters. The lowest BCUT2D eigenvalue weighted by molar-refractivity contribution is 0.0691. The van der Waals surface area contributed by atoms with Gasteiger partial charge in [-0.1, -0.05) is 12.1 Å². The summed E-state index contributed by atoms with van der Waals surface area (Å²) in [5.74, 6) is -0.294. The largest absolute Gasteiger partial charge is 0.504 e. The maximum Gasteiger partial charge on any atom is 0.290 e. The predicted molar refractivity (Wildman–Crippen MR) is 107 cm³/mol. The number of carbonyl (C=O) groups excluding carboxylic acids is 1. The van der Waals surface area contributed by atoms with Gasteiger partial charge in [0.2, 0.25) is 5.76 Å². The van der Waals surface area contributed by atoms with Crippen molar-refractivity contribution in [2.45, 2.75) is 19.9 Å². The molecule has 150 valence electrons. The van der Waals surface area contributed by atoms with E-state index in [1.807, 2.05) is 19.9 Å². The van der Waals surface area contributed by atoms with Gasteiger partial charge in [-0.25, -0.2) is 0 Å². The minimum Gasteiger partial charge on any atom is -0.504 e. The van der Waals surface area contributed by atoms with Gasteiger partial charge in [0.05, 0.1) is 30.7 Å². The van der Waals surface area contributed by atoms with Gasteiger partial charge < -0.3 is 24.3 Å². The number of aromatic hydroxyl groups is 1. The first-order chi connectivity index (χ1) is 13.9. The van der Waals surface area contributed by atoms with Crippen LogP contribution in [0.25, 0.3) is 11.0 Å². The molecule has 0 saturated heterocycles. The van der Waals surface area contributed by atoms with E-state index in [4.69, 9.17) is 9.15 Å². The number of phenols is 1. The van der Waals surface area contributed by atoms with Crippen LogP contribution in [0.3, 0.4) is 0 Å². The summed E-state index contributed by atoms with van der Waals surface area (Å²) in [4.78, 5) is 27.9. The van der Waals surface area contributed by atoms with Gasteiger partial charge in [-0.15, -0.1) is 0 Å². The van der Waals surface area contributed by atoms with E-state index in [1.54, 1.807) is 18.2 Å². The van der Waals surface area contributed by atoms with Gasteiger partial charge >= 0.3 is 0 Å². The third-order valence-electron chi connectivity index (χ3n) is 5.27. The number of hydrogen-bond donors (Lipinski definition) is 2. The number of aliphatic hydroxyl groups excluding tert-OH is 1. The highest BCUT2D eigenvalue weighted by molar-refractivity contribution is 5.99. The number of rotatable bonds is 4. The van der Waals surface area contributed by atoms with E-state index >= 15 is 0 Å². The molecule has 1 amide bonds. The maximum absolute atomic E-state index is 13.5. The Labute approximate surface area is 166 Å². The highest BCUT2D eigenvalue weighted by Gasteiger charge is 2.42. The van der Waals surface area contributed by atoms with E-state index in [2.05, 4.69) is 0 Å². The second kappa shape index (κ2) is 6.93. The van der Waals surface area contributed by atoms with Gasteiger partial charge in [-0.2, -0.15) is 0 Å². The average molecular weight is 395 g/mol. The summed E-state index contributed by atoms with van der Waals surface area (Å²) in [7, 11) is 1.42. The molecule has 4 rings (SSSR count). The fourth-order valence-electron chi connectivity index (χ4n) is 4.06. The summed E-state index contributed by atoms with van der Waals surface area (Å²) >= 11 is 0. The van der Waals surface area contributed by atoms with Crippen molar-refractivity contribution in [3.8, 4) is 11.5 Å². The predicted octanol–water partition coefficient (Wildman–Crippen LogP) is 2.66. The standard InChI is InChI=1S/C22H21NO6/c1-11-8-12(2)17-16(9-11)29-21-18(20(17)26)19(23(6-7-24)22(21)27)13-4-5-14(25)15(10-13)28-3/h4-5,8-10,19,24-25H,6-7H2,1-3H3. The number of aryl methyl sites for hydroxylation is 2. The lowest BCUT2D eigenvalue weighted by atomic mass is 9.96. The number of nitrogens with zero attached hydrogens (tertiary/aromatic N) is 1. The van der Waals surface area contributed by atoms with E-state index in [1.165, 1.54) is 18.1 Å². The highest BCUT2D eigenvalue weighted by Crippen LogP contribution is 2.40. The molecule has 1 aromatic heterocycles. The SMILES string of the molecule is COc1cc(C2c3c(oc4cc(C)cc(C)c4c3=O)C(=O)N2CCO)ccc1O. The molecule has 2 N–H and O–H groups in total. The Hall–Kier alpha value is -3.32. The third-order valence-corrected chi connectivity index (χ3v) is 5.27. The van der Waals surface area contributed by atoms with E-state index in [0.29, 0.717) is 16.5 Å². The van der Waals surface area contributed by atoms with Crippen LogP contribution < -0.4 is 10.2 Å². The Morgan fingerprint density at radius 3 is 2.62 bits per heavy atom. The van der Waals surface area contributed by atoms with Gasteiger partial charge in [0.15, 0.2) is 16.9 Å². The highest BCUT2D eigenvalue weighted by atomic mass is 16.5. The molecule has 0 bridgehead atoms. The number of amides is 1. The van der Waals surface area contributed by atoms with Gasteiger partial charge in [-0.3, -0.25) is 9.59 Å². The van der Waals surface area contributed by atoms with Crippen LogP contribution in [0.1, 0.15) is 38.9 Å². The molecule has 29 heavy (non-hydrogen) atoms. The van der Waals surface area contributed by atoms with E-state index < -0.39 is 11.9 Å². The van der Waals surface area contributed by atoms with Crippen LogP contribution in [-0.4, -0.2) is 41.3 Å². The van der Waals surface area contributed by atoms with E-state index in [9.17, 15) is 19.8 Å². The van der Waals surface area contributed by atoms with Crippen LogP contribution in [0.5, 0.6) is 11.5 Å². The first-order valence-electron chi connectivity index (χ1n) is 9.24. The normalized spacial score (nSPS) is 15.8. The summed E-state index contributed by atoms with van der Waals surface area (Å²) < 4.78 is 11.1. The van der Waals surface area contributed by atoms with Crippen LogP contribution in [0.15, 0.2) is 39.5 Å². The van der Waals surface area contributed by atoms with Crippen LogP contribution >= 0.6 is 0 Å². The third kappa shape index (κ3) is 2.86. The van der Waals surface area contributed by atoms with Crippen LogP contribution in [-0.2, 0) is 0 Å². The smallest absolute Gasteiger partial charge is 0.290 e. The zero-order valence-electron chi connectivity index (χ0n) is 16.4. The molecule has 3 aromatic rings. The van der Waals surface area contributed by atoms with Gasteiger partial charge in [0, 0.05) is 6.54 Å². The van der Waals surface area contributed by atoms with Crippen LogP contribution in [0.4, 0.5) is 0 Å². The first-order valence-corrected chi connectivity index (χ1v) is 9.24. The van der Waals surface area contributed by atoms with Gasteiger partial charge in [-0.05, 0) is 48.7 Å². The molecule has 7 heteroatoms. The minimum absolute atomic E-state index is 0.0157. The Kier molecular flexibility index (Phi) is 4.55. The summed E-state index contributed by atoms with van der Waals surface area (Å²) in [6.45, 7) is 3.49. The zero-order valence-corrected chi connectivity index (χ0v) is 16.4. The first kappa shape index (κ1) is 19.0. The molecular formula is C22H21NO6. The van der Waals surface area contributed by atoms with Crippen molar-refractivity contribution in [1.29, 1.82) is 0 Å². The average Bonchev–Trinajstić information content (AvgIpc) is 2.95. The summed E-state index contributed by atoms with van der Waals surface area (Å²) in [6, 6.07) is 7.54. The summed E-state index contributed by atoms with van der Waals surface area (Å²) in [5.41, 5.74) is 2.60. The monoisotopic (exact) mass is 395 g/mol. The fraction of sp³-hybridized carbons (Fsp3) is 0.273. The number of methoxy groups -OCH3 is 1. The van der Waals surface area contributed by atoms with Crippen molar-refractivity contribution in [2.24, 2.45) is 0 Å². The summed E-state index contributed by atoms with van der Waals surface area (Å²) in [5, 5.41) is 19.9. The van der Waals surface area contributed by atoms with Crippen molar-refractivity contribution in [2.75, 3.05) is 20.3 Å². The molecule has 0 fully saturated rings. The molecule has 1 atom stereocenters. The molecule has 1 aliphatic rings. The molecule has 0 aliphatic carbocycles. The van der Waals surface area contributed by atoms with Crippen LogP contribution in [0, 0.1) is 13.8 Å². The molecule has 2 heterocycles. The molecule has 1 aliphatic heterocycles. The quantitative estimate of drug-likeness (QED) is 0.705. The maximum atomic E-state index is 13.5. The number of ether oxygens (including phenoxy) is 1. The number of β-amino-alcohol motifs (C(OH)–C–C–N with tert-alkyl or cyclic N) is 1. The number of phenolic OH excluding ortho intramolecular Hbond substituents is 1. The van der Waals surface area contributed by atoms with E-state index in [-0.39, 0.29) is 41.4 Å². The lowest BCUT2D eigenvalue weighted by Gasteiger charge is -2.24. The molecule has 0 radical (unpaired) electrons. The van der Waals surface area contributed by atoms with Crippen molar-refractivity contribution in [3.05, 3.63) is 68.6 Å². The molecule has 0 saturated carbocycles. The Bertz CT molecular complexity index is 1200. The summed E-state index contributed by atoms with van der Waals surface area (Å²) in [6.07, 6.45) is 0. The van der Waals surface area contributed by atoms with Gasteiger partial charge in [0.25, 0.3) is 5.91 Å². The number of benzene rings is 2. The fourth-order valence-corrected chi connectivity index (χ4v) is 4.06. The van der Waals surface area contributed by atoms with Crippen molar-refractivity contribution >= 4 is 16.9 Å². The second-order valence-electron chi connectivity index (χ2n) is 7.18. The Morgan fingerprint density at radius 2 is 1.93 bits per heavy atom. The number of hydrogen-bond acceptors (Lipinski definition) is 6. The Balaban J connectivity index is 2.03. The number of fused-ring (bicyclic) bond motifs is 2. The van der Waals surface area contributed by atoms with E-state index in [0.717, 1.165) is 11.1 Å². The Morgan fingerprint density at radius 1 is 1.17 bits per heavy atom. The topological polar surface area (TPSA) is 100 Å². The van der Waals surface area contributed by atoms with Crippen molar-refractivity contribution < 1.29 is 24.2 Å². The zero-order chi connectivity index (χ0) is 20.9. The van der Waals surface area contributed by atoms with Crippen molar-refractivity contribution in [3.63, 3.8) is 0 Å². The minimum atomic E-state index is -0.750. The van der Waals surface area contributed by atoms with Gasteiger partial charge in [0.1, 0.15) is 5.58 Å². The molecule has 0 spiro atoms. The molecule has 7 nitrogen and oxygen atoms in total. The number of aliphatic hydroxyl groups is 1. The molecule has 2 aromatic carbocycles. The molecular weight excluding hydrogens is 374 g/mol.